The van der Waals surface area contributed by atoms with Gasteiger partial charge in [0.2, 0.25) is 0 Å². The highest BCUT2D eigenvalue weighted by Gasteiger charge is 2.15. The van der Waals surface area contributed by atoms with E-state index in [1.54, 1.807) is 0 Å². The quantitative estimate of drug-likeness (QED) is 0.391. The van der Waals surface area contributed by atoms with E-state index in [1.807, 2.05) is 13.8 Å². The van der Waals surface area contributed by atoms with Gasteiger partial charge < -0.3 is 18.9 Å². The molecule has 0 saturated heterocycles. The molecule has 5 heteroatoms. The second kappa shape index (κ2) is 14.2. The first-order chi connectivity index (χ1) is 9.28. The van der Waals surface area contributed by atoms with Crippen molar-refractivity contribution >= 4 is 0 Å². The minimum absolute atomic E-state index is 0.0327. The van der Waals surface area contributed by atoms with E-state index >= 15 is 0 Å². The molecule has 19 heavy (non-hydrogen) atoms. The molecule has 0 aromatic heterocycles. The first-order valence-corrected chi connectivity index (χ1v) is 7.43. The van der Waals surface area contributed by atoms with Gasteiger partial charge in [-0.25, -0.2) is 0 Å². The predicted octanol–water partition coefficient (Wildman–Crippen LogP) is 2.85. The Kier molecular flexibility index (Phi) is 14.1. The van der Waals surface area contributed by atoms with Gasteiger partial charge in [0.1, 0.15) is 26.0 Å². The molecule has 0 spiro atoms. The summed E-state index contributed by atoms with van der Waals surface area (Å²) in [6.07, 6.45) is 3.91. The van der Waals surface area contributed by atoms with Crippen molar-refractivity contribution in [2.24, 2.45) is 0 Å². The first-order valence-electron chi connectivity index (χ1n) is 7.43. The van der Waals surface area contributed by atoms with Gasteiger partial charge in [0, 0.05) is 13.2 Å². The van der Waals surface area contributed by atoms with Gasteiger partial charge in [-0.3, -0.25) is 5.32 Å². The highest BCUT2D eigenvalue weighted by atomic mass is 16.7. The maximum atomic E-state index is 5.65. The van der Waals surface area contributed by atoms with Gasteiger partial charge in [-0.2, -0.15) is 0 Å². The molecular weight excluding hydrogens is 246 g/mol. The van der Waals surface area contributed by atoms with Crippen LogP contribution >= 0.6 is 0 Å². The second-order valence-corrected chi connectivity index (χ2v) is 4.28. The fourth-order valence-corrected chi connectivity index (χ4v) is 1.59. The van der Waals surface area contributed by atoms with Gasteiger partial charge in [-0.1, -0.05) is 26.7 Å². The molecule has 1 N–H and O–H groups in total. The van der Waals surface area contributed by atoms with Crippen LogP contribution in [0, 0.1) is 0 Å². The average Bonchev–Trinajstić information content (AvgIpc) is 2.39. The largest absolute Gasteiger partial charge is 0.356 e. The standard InChI is InChI=1S/C14H31NO4/c1-5-9-13(18-11-16-7-3)15-14(10-6-2)19-12-17-8-4/h13-15H,5-12H2,1-4H3. The van der Waals surface area contributed by atoms with E-state index in [0.717, 1.165) is 25.7 Å². The fourth-order valence-electron chi connectivity index (χ4n) is 1.59. The highest BCUT2D eigenvalue weighted by molar-refractivity contribution is 4.60. The van der Waals surface area contributed by atoms with Crippen molar-refractivity contribution < 1.29 is 18.9 Å². The lowest BCUT2D eigenvalue weighted by atomic mass is 10.2. The first kappa shape index (κ1) is 18.8. The van der Waals surface area contributed by atoms with Crippen LogP contribution in [-0.4, -0.2) is 39.3 Å². The Hall–Kier alpha value is -0.200. The van der Waals surface area contributed by atoms with E-state index in [2.05, 4.69) is 19.2 Å². The molecule has 0 rings (SSSR count). The Morgan fingerprint density at radius 3 is 1.47 bits per heavy atom. The molecular formula is C14H31NO4. The van der Waals surface area contributed by atoms with E-state index < -0.39 is 0 Å². The summed E-state index contributed by atoms with van der Waals surface area (Å²) in [5.74, 6) is 0. The zero-order valence-corrected chi connectivity index (χ0v) is 12.9. The summed E-state index contributed by atoms with van der Waals surface area (Å²) in [4.78, 5) is 0. The topological polar surface area (TPSA) is 49.0 Å². The van der Waals surface area contributed by atoms with Gasteiger partial charge in [0.25, 0.3) is 0 Å². The van der Waals surface area contributed by atoms with Gasteiger partial charge in [0.05, 0.1) is 0 Å². The Morgan fingerprint density at radius 2 is 1.16 bits per heavy atom. The minimum Gasteiger partial charge on any atom is -0.356 e. The maximum absolute atomic E-state index is 5.65. The Bertz CT molecular complexity index is 163. The third kappa shape index (κ3) is 11.3. The van der Waals surface area contributed by atoms with Crippen LogP contribution in [0.25, 0.3) is 0 Å². The highest BCUT2D eigenvalue weighted by Crippen LogP contribution is 2.06. The lowest BCUT2D eigenvalue weighted by Crippen LogP contribution is -2.42. The SMILES string of the molecule is CCCC(NC(CCC)OCOCC)OCOCC. The molecule has 0 bridgehead atoms. The normalized spacial score (nSPS) is 14.5. The Labute approximate surface area is 117 Å². The van der Waals surface area contributed by atoms with Crippen molar-refractivity contribution in [1.82, 2.24) is 5.32 Å². The van der Waals surface area contributed by atoms with E-state index in [0.29, 0.717) is 26.8 Å². The van der Waals surface area contributed by atoms with Crippen molar-refractivity contribution in [2.75, 3.05) is 26.8 Å². The summed E-state index contributed by atoms with van der Waals surface area (Å²) < 4.78 is 21.7. The van der Waals surface area contributed by atoms with Crippen LogP contribution in [0.15, 0.2) is 0 Å². The van der Waals surface area contributed by atoms with Crippen LogP contribution < -0.4 is 5.32 Å². The Balaban J connectivity index is 4.05. The lowest BCUT2D eigenvalue weighted by Gasteiger charge is -2.25. The monoisotopic (exact) mass is 277 g/mol. The maximum Gasteiger partial charge on any atom is 0.148 e. The van der Waals surface area contributed by atoms with Crippen molar-refractivity contribution in [3.05, 3.63) is 0 Å². The summed E-state index contributed by atoms with van der Waals surface area (Å²) in [5.41, 5.74) is 0. The van der Waals surface area contributed by atoms with E-state index in [9.17, 15) is 0 Å². The molecule has 0 aliphatic heterocycles. The average molecular weight is 277 g/mol. The minimum atomic E-state index is -0.0327. The summed E-state index contributed by atoms with van der Waals surface area (Å²) in [6, 6.07) is 0. The molecule has 0 aromatic carbocycles. The molecule has 2 atom stereocenters. The van der Waals surface area contributed by atoms with E-state index in [-0.39, 0.29) is 12.5 Å². The molecule has 0 aliphatic carbocycles. The molecule has 0 amide bonds. The summed E-state index contributed by atoms with van der Waals surface area (Å²) >= 11 is 0. The third-order valence-electron chi connectivity index (χ3n) is 2.59. The third-order valence-corrected chi connectivity index (χ3v) is 2.59. The van der Waals surface area contributed by atoms with Crippen molar-refractivity contribution in [3.8, 4) is 0 Å². The molecule has 0 saturated carbocycles. The van der Waals surface area contributed by atoms with Crippen molar-refractivity contribution in [3.63, 3.8) is 0 Å². The van der Waals surface area contributed by atoms with Gasteiger partial charge in [-0.05, 0) is 26.7 Å². The van der Waals surface area contributed by atoms with Crippen LogP contribution in [0.2, 0.25) is 0 Å². The molecule has 0 heterocycles. The van der Waals surface area contributed by atoms with Crippen molar-refractivity contribution in [1.29, 1.82) is 0 Å². The molecule has 0 aromatic rings. The van der Waals surface area contributed by atoms with Gasteiger partial charge in [-0.15, -0.1) is 0 Å². The summed E-state index contributed by atoms with van der Waals surface area (Å²) in [7, 11) is 0. The van der Waals surface area contributed by atoms with Crippen LogP contribution in [0.3, 0.4) is 0 Å². The zero-order chi connectivity index (χ0) is 14.3. The molecule has 0 radical (unpaired) electrons. The predicted molar refractivity (Wildman–Crippen MR) is 75.7 cm³/mol. The lowest BCUT2D eigenvalue weighted by molar-refractivity contribution is -0.144. The van der Waals surface area contributed by atoms with E-state index in [1.165, 1.54) is 0 Å². The zero-order valence-electron chi connectivity index (χ0n) is 12.9. The summed E-state index contributed by atoms with van der Waals surface area (Å²) in [5, 5.41) is 3.37. The Morgan fingerprint density at radius 1 is 0.737 bits per heavy atom. The number of hydrogen-bond donors (Lipinski definition) is 1. The number of nitrogens with one attached hydrogen (secondary N) is 1. The number of ether oxygens (including phenoxy) is 4. The van der Waals surface area contributed by atoms with Gasteiger partial charge in [0.15, 0.2) is 0 Å². The molecule has 0 fully saturated rings. The summed E-state index contributed by atoms with van der Waals surface area (Å²) in [6.45, 7) is 10.1. The van der Waals surface area contributed by atoms with Gasteiger partial charge >= 0.3 is 0 Å². The van der Waals surface area contributed by atoms with E-state index in [4.69, 9.17) is 18.9 Å². The van der Waals surface area contributed by atoms with Crippen LogP contribution in [-0.2, 0) is 18.9 Å². The number of hydrogen-bond acceptors (Lipinski definition) is 5. The van der Waals surface area contributed by atoms with Crippen molar-refractivity contribution in [2.45, 2.75) is 65.8 Å². The molecule has 5 nitrogen and oxygen atoms in total. The fraction of sp³-hybridized carbons (Fsp3) is 1.00. The second-order valence-electron chi connectivity index (χ2n) is 4.28. The van der Waals surface area contributed by atoms with Crippen LogP contribution in [0.4, 0.5) is 0 Å². The van der Waals surface area contributed by atoms with Crippen LogP contribution in [0.1, 0.15) is 53.4 Å². The van der Waals surface area contributed by atoms with Crippen LogP contribution in [0.5, 0.6) is 0 Å². The molecule has 116 valence electrons. The molecule has 2 unspecified atom stereocenters. The smallest absolute Gasteiger partial charge is 0.148 e. The number of rotatable bonds is 14. The molecule has 0 aliphatic rings.